The standard InChI is InChI=1S/C13H26N2O3.ClH/c1-8(2)18-12(17)9(3)7-15-11(16)10(14)13(4,5)6;/h8-10H,7,14H2,1-6H3,(H,15,16);1H/t9?,10-;/m1./s1. The van der Waals surface area contributed by atoms with Crippen LogP contribution < -0.4 is 11.1 Å². The molecule has 0 aromatic carbocycles. The maximum atomic E-state index is 11.8. The van der Waals surface area contributed by atoms with E-state index in [0.29, 0.717) is 0 Å². The van der Waals surface area contributed by atoms with Crippen molar-refractivity contribution in [2.24, 2.45) is 17.1 Å². The van der Waals surface area contributed by atoms with E-state index in [1.807, 2.05) is 20.8 Å². The number of halogens is 1. The molecule has 0 saturated heterocycles. The Morgan fingerprint density at radius 1 is 1.21 bits per heavy atom. The molecule has 6 heteroatoms. The first kappa shape index (κ1) is 20.5. The number of esters is 1. The van der Waals surface area contributed by atoms with Crippen LogP contribution in [0.5, 0.6) is 0 Å². The van der Waals surface area contributed by atoms with E-state index in [4.69, 9.17) is 10.5 Å². The third-order valence-electron chi connectivity index (χ3n) is 2.55. The van der Waals surface area contributed by atoms with Crippen molar-refractivity contribution in [3.63, 3.8) is 0 Å². The van der Waals surface area contributed by atoms with Gasteiger partial charge in [0.05, 0.1) is 18.1 Å². The van der Waals surface area contributed by atoms with E-state index in [1.54, 1.807) is 20.8 Å². The number of carbonyl (C=O) groups excluding carboxylic acids is 2. The summed E-state index contributed by atoms with van der Waals surface area (Å²) < 4.78 is 5.05. The Hall–Kier alpha value is -0.810. The second-order valence-corrected chi connectivity index (χ2v) is 5.98. The van der Waals surface area contributed by atoms with Gasteiger partial charge in [-0.3, -0.25) is 9.59 Å². The van der Waals surface area contributed by atoms with E-state index >= 15 is 0 Å². The van der Waals surface area contributed by atoms with Crippen molar-refractivity contribution in [2.75, 3.05) is 6.54 Å². The fourth-order valence-corrected chi connectivity index (χ4v) is 1.19. The SMILES string of the molecule is CC(C)OC(=O)C(C)CNC(=O)[C@@H](N)C(C)(C)C.Cl. The van der Waals surface area contributed by atoms with E-state index in [2.05, 4.69) is 5.32 Å². The molecule has 1 unspecified atom stereocenters. The molecule has 114 valence electrons. The summed E-state index contributed by atoms with van der Waals surface area (Å²) in [5.41, 5.74) is 5.51. The number of nitrogens with one attached hydrogen (secondary N) is 1. The summed E-state index contributed by atoms with van der Waals surface area (Å²) in [6, 6.07) is -0.592. The topological polar surface area (TPSA) is 81.4 Å². The Morgan fingerprint density at radius 2 is 1.68 bits per heavy atom. The molecule has 0 aliphatic heterocycles. The lowest BCUT2D eigenvalue weighted by Gasteiger charge is -2.26. The minimum atomic E-state index is -0.592. The van der Waals surface area contributed by atoms with Crippen LogP contribution in [-0.4, -0.2) is 30.6 Å². The molecule has 0 aromatic rings. The van der Waals surface area contributed by atoms with E-state index in [-0.39, 0.29) is 48.3 Å². The third-order valence-corrected chi connectivity index (χ3v) is 2.55. The molecule has 3 N–H and O–H groups in total. The van der Waals surface area contributed by atoms with Crippen LogP contribution >= 0.6 is 12.4 Å². The minimum absolute atomic E-state index is 0. The van der Waals surface area contributed by atoms with Gasteiger partial charge < -0.3 is 15.8 Å². The fourth-order valence-electron chi connectivity index (χ4n) is 1.19. The van der Waals surface area contributed by atoms with Crippen molar-refractivity contribution in [2.45, 2.75) is 53.7 Å². The zero-order chi connectivity index (χ0) is 14.5. The van der Waals surface area contributed by atoms with Crippen LogP contribution in [0, 0.1) is 11.3 Å². The molecule has 0 radical (unpaired) electrons. The summed E-state index contributed by atoms with van der Waals surface area (Å²) in [6.45, 7) is 11.2. The molecule has 0 aromatic heterocycles. The van der Waals surface area contributed by atoms with Gasteiger partial charge in [0.25, 0.3) is 0 Å². The van der Waals surface area contributed by atoms with E-state index in [1.165, 1.54) is 0 Å². The largest absolute Gasteiger partial charge is 0.463 e. The van der Waals surface area contributed by atoms with Crippen LogP contribution in [-0.2, 0) is 14.3 Å². The molecule has 0 fully saturated rings. The first-order chi connectivity index (χ1) is 8.05. The molecule has 0 heterocycles. The van der Waals surface area contributed by atoms with Gasteiger partial charge in [-0.25, -0.2) is 0 Å². The molecule has 0 bridgehead atoms. The molecule has 2 atom stereocenters. The zero-order valence-corrected chi connectivity index (χ0v) is 13.5. The van der Waals surface area contributed by atoms with E-state index in [0.717, 1.165) is 0 Å². The molecule has 0 spiro atoms. The Morgan fingerprint density at radius 3 is 2.05 bits per heavy atom. The van der Waals surface area contributed by atoms with Crippen LogP contribution in [0.2, 0.25) is 0 Å². The first-order valence-corrected chi connectivity index (χ1v) is 6.29. The highest BCUT2D eigenvalue weighted by atomic mass is 35.5. The molecular formula is C13H27ClN2O3. The summed E-state index contributed by atoms with van der Waals surface area (Å²) in [5.74, 6) is -0.926. The maximum Gasteiger partial charge on any atom is 0.310 e. The molecule has 0 rings (SSSR count). The van der Waals surface area contributed by atoms with Gasteiger partial charge >= 0.3 is 5.97 Å². The summed E-state index contributed by atoms with van der Waals surface area (Å²) >= 11 is 0. The normalized spacial score (nSPS) is 14.3. The molecule has 5 nitrogen and oxygen atoms in total. The molecule has 0 aliphatic carbocycles. The number of ether oxygens (including phenoxy) is 1. The highest BCUT2D eigenvalue weighted by Gasteiger charge is 2.28. The van der Waals surface area contributed by atoms with Crippen molar-refractivity contribution >= 4 is 24.3 Å². The van der Waals surface area contributed by atoms with Gasteiger partial charge in [-0.2, -0.15) is 0 Å². The van der Waals surface area contributed by atoms with Gasteiger partial charge in [0.15, 0.2) is 0 Å². The van der Waals surface area contributed by atoms with Gasteiger partial charge in [0.1, 0.15) is 0 Å². The van der Waals surface area contributed by atoms with Gasteiger partial charge in [0.2, 0.25) is 5.91 Å². The highest BCUT2D eigenvalue weighted by Crippen LogP contribution is 2.17. The van der Waals surface area contributed by atoms with Crippen LogP contribution in [0.4, 0.5) is 0 Å². The summed E-state index contributed by atoms with van der Waals surface area (Å²) in [6.07, 6.45) is -0.146. The second kappa shape index (κ2) is 8.38. The first-order valence-electron chi connectivity index (χ1n) is 6.29. The predicted molar refractivity (Wildman–Crippen MR) is 78.1 cm³/mol. The third kappa shape index (κ3) is 8.06. The molecular weight excluding hydrogens is 268 g/mol. The molecule has 0 saturated carbocycles. The summed E-state index contributed by atoms with van der Waals surface area (Å²) in [7, 11) is 0. The Labute approximate surface area is 122 Å². The van der Waals surface area contributed by atoms with Crippen molar-refractivity contribution in [1.29, 1.82) is 0 Å². The Balaban J connectivity index is 0. The maximum absolute atomic E-state index is 11.8. The van der Waals surface area contributed by atoms with Crippen LogP contribution in [0.1, 0.15) is 41.5 Å². The van der Waals surface area contributed by atoms with Gasteiger partial charge in [0, 0.05) is 6.54 Å². The lowest BCUT2D eigenvalue weighted by atomic mass is 9.87. The quantitative estimate of drug-likeness (QED) is 0.753. The average Bonchev–Trinajstić information content (AvgIpc) is 2.21. The number of hydrogen-bond donors (Lipinski definition) is 2. The van der Waals surface area contributed by atoms with Crippen LogP contribution in [0.3, 0.4) is 0 Å². The highest BCUT2D eigenvalue weighted by molar-refractivity contribution is 5.85. The van der Waals surface area contributed by atoms with Gasteiger partial charge in [-0.1, -0.05) is 27.7 Å². The number of carbonyl (C=O) groups is 2. The van der Waals surface area contributed by atoms with Crippen LogP contribution in [0.25, 0.3) is 0 Å². The molecule has 0 aliphatic rings. The minimum Gasteiger partial charge on any atom is -0.463 e. The van der Waals surface area contributed by atoms with Crippen molar-refractivity contribution in [1.82, 2.24) is 5.32 Å². The number of rotatable bonds is 5. The number of hydrogen-bond acceptors (Lipinski definition) is 4. The summed E-state index contributed by atoms with van der Waals surface area (Å²) in [5, 5.41) is 2.68. The fraction of sp³-hybridized carbons (Fsp3) is 0.846. The lowest BCUT2D eigenvalue weighted by Crippen LogP contribution is -2.49. The second-order valence-electron chi connectivity index (χ2n) is 5.98. The number of nitrogens with two attached hydrogens (primary N) is 1. The predicted octanol–water partition coefficient (Wildman–Crippen LogP) is 1.49. The number of amides is 1. The lowest BCUT2D eigenvalue weighted by molar-refractivity contribution is -0.151. The Kier molecular flexibility index (Phi) is 9.04. The summed E-state index contributed by atoms with van der Waals surface area (Å²) in [4.78, 5) is 23.3. The molecule has 1 amide bonds. The van der Waals surface area contributed by atoms with E-state index < -0.39 is 6.04 Å². The Bertz CT molecular complexity index is 301. The average molecular weight is 295 g/mol. The zero-order valence-electron chi connectivity index (χ0n) is 12.6. The van der Waals surface area contributed by atoms with E-state index in [9.17, 15) is 9.59 Å². The van der Waals surface area contributed by atoms with Crippen molar-refractivity contribution in [3.8, 4) is 0 Å². The van der Waals surface area contributed by atoms with Gasteiger partial charge in [-0.15, -0.1) is 12.4 Å². The van der Waals surface area contributed by atoms with Gasteiger partial charge in [-0.05, 0) is 19.3 Å². The van der Waals surface area contributed by atoms with Crippen LogP contribution in [0.15, 0.2) is 0 Å². The smallest absolute Gasteiger partial charge is 0.310 e. The van der Waals surface area contributed by atoms with Crippen molar-refractivity contribution in [3.05, 3.63) is 0 Å². The van der Waals surface area contributed by atoms with Crippen molar-refractivity contribution < 1.29 is 14.3 Å². The monoisotopic (exact) mass is 294 g/mol. The molecule has 19 heavy (non-hydrogen) atoms.